The summed E-state index contributed by atoms with van der Waals surface area (Å²) in [5.41, 5.74) is 1.67. The maximum absolute atomic E-state index is 12.0. The van der Waals surface area contributed by atoms with Gasteiger partial charge < -0.3 is 5.32 Å². The zero-order valence-corrected chi connectivity index (χ0v) is 13.3. The fraction of sp³-hybridized carbons (Fsp3) is 0.0556. The first-order chi connectivity index (χ1) is 10.8. The molecule has 0 saturated heterocycles. The third-order valence-corrected chi connectivity index (χ3v) is 4.57. The molecule has 1 N–H and O–H groups in total. The van der Waals surface area contributed by atoms with Crippen molar-refractivity contribution >= 4 is 34.3 Å². The highest BCUT2D eigenvalue weighted by Gasteiger charge is 2.05. The third-order valence-electron chi connectivity index (χ3n) is 2.91. The smallest absolute Gasteiger partial charge is 0.229 e. The summed E-state index contributed by atoms with van der Waals surface area (Å²) in [5.74, 6) is 6.22. The van der Waals surface area contributed by atoms with Gasteiger partial charge >= 0.3 is 0 Å². The van der Waals surface area contributed by atoms with Gasteiger partial charge in [0.15, 0.2) is 0 Å². The Morgan fingerprint density at radius 2 is 1.86 bits per heavy atom. The van der Waals surface area contributed by atoms with Crippen LogP contribution in [0.4, 0.5) is 5.69 Å². The molecular formula is C18H13NOS2. The predicted octanol–water partition coefficient (Wildman–Crippen LogP) is 4.39. The predicted molar refractivity (Wildman–Crippen MR) is 93.4 cm³/mol. The highest BCUT2D eigenvalue weighted by atomic mass is 32.1. The second-order valence-electron chi connectivity index (χ2n) is 4.61. The van der Waals surface area contributed by atoms with E-state index in [1.54, 1.807) is 22.7 Å². The van der Waals surface area contributed by atoms with Crippen LogP contribution < -0.4 is 5.32 Å². The van der Waals surface area contributed by atoms with Crippen molar-refractivity contribution in [3.05, 3.63) is 74.6 Å². The van der Waals surface area contributed by atoms with Crippen LogP contribution in [-0.4, -0.2) is 5.91 Å². The molecule has 4 heteroatoms. The topological polar surface area (TPSA) is 29.1 Å². The first-order valence-electron chi connectivity index (χ1n) is 6.77. The molecule has 1 amide bonds. The normalized spacial score (nSPS) is 9.82. The fourth-order valence-electron chi connectivity index (χ4n) is 1.93. The number of thiophene rings is 2. The van der Waals surface area contributed by atoms with Crippen LogP contribution >= 0.6 is 22.7 Å². The molecule has 0 atom stereocenters. The molecule has 0 spiro atoms. The van der Waals surface area contributed by atoms with Crippen LogP contribution in [0, 0.1) is 11.8 Å². The maximum Gasteiger partial charge on any atom is 0.229 e. The van der Waals surface area contributed by atoms with Crippen molar-refractivity contribution in [1.29, 1.82) is 0 Å². The second kappa shape index (κ2) is 7.08. The number of amides is 1. The van der Waals surface area contributed by atoms with Crippen LogP contribution in [0.15, 0.2) is 59.3 Å². The van der Waals surface area contributed by atoms with E-state index in [1.807, 2.05) is 59.3 Å². The summed E-state index contributed by atoms with van der Waals surface area (Å²) in [4.78, 5) is 14.1. The van der Waals surface area contributed by atoms with E-state index in [4.69, 9.17) is 0 Å². The molecule has 0 aliphatic carbocycles. The molecule has 0 aliphatic rings. The van der Waals surface area contributed by atoms with Crippen molar-refractivity contribution < 1.29 is 4.79 Å². The number of carbonyl (C=O) groups is 1. The molecule has 0 fully saturated rings. The minimum atomic E-state index is -0.00850. The monoisotopic (exact) mass is 323 g/mol. The lowest BCUT2D eigenvalue weighted by molar-refractivity contribution is -0.115. The lowest BCUT2D eigenvalue weighted by atomic mass is 10.2. The summed E-state index contributed by atoms with van der Waals surface area (Å²) in [6, 6.07) is 15.5. The molecular weight excluding hydrogens is 310 g/mol. The summed E-state index contributed by atoms with van der Waals surface area (Å²) in [6.07, 6.45) is 0.406. The maximum atomic E-state index is 12.0. The molecule has 0 saturated carbocycles. The number of anilines is 1. The molecule has 0 unspecified atom stereocenters. The fourth-order valence-corrected chi connectivity index (χ4v) is 3.21. The van der Waals surface area contributed by atoms with E-state index in [2.05, 4.69) is 17.2 Å². The summed E-state index contributed by atoms with van der Waals surface area (Å²) in [7, 11) is 0. The molecule has 3 rings (SSSR count). The van der Waals surface area contributed by atoms with Crippen LogP contribution in [0.1, 0.15) is 15.3 Å². The number of carbonyl (C=O) groups excluding carboxylic acids is 1. The Morgan fingerprint density at radius 1 is 1.00 bits per heavy atom. The SMILES string of the molecule is O=C(Cc1cccs1)Nc1cccc(C#Cc2cccs2)c1. The van der Waals surface area contributed by atoms with Gasteiger partial charge in [-0.15, -0.1) is 22.7 Å². The van der Waals surface area contributed by atoms with Gasteiger partial charge in [-0.05, 0) is 41.1 Å². The standard InChI is InChI=1S/C18H13NOS2/c20-18(13-17-7-3-11-22-17)19-15-5-1-4-14(12-15)8-9-16-6-2-10-21-16/h1-7,10-12H,13H2,(H,19,20). The van der Waals surface area contributed by atoms with Crippen molar-refractivity contribution in [2.24, 2.45) is 0 Å². The number of rotatable bonds is 3. The molecule has 108 valence electrons. The third kappa shape index (κ3) is 4.08. The van der Waals surface area contributed by atoms with Crippen molar-refractivity contribution in [3.8, 4) is 11.8 Å². The van der Waals surface area contributed by atoms with Crippen LogP contribution in [0.25, 0.3) is 0 Å². The van der Waals surface area contributed by atoms with Gasteiger partial charge in [-0.2, -0.15) is 0 Å². The van der Waals surface area contributed by atoms with Gasteiger partial charge in [-0.1, -0.05) is 30.0 Å². The van der Waals surface area contributed by atoms with Crippen LogP contribution in [0.5, 0.6) is 0 Å². The first-order valence-corrected chi connectivity index (χ1v) is 8.53. The summed E-state index contributed by atoms with van der Waals surface area (Å²) in [5, 5.41) is 6.90. The molecule has 0 aliphatic heterocycles. The Labute approximate surface area is 137 Å². The first kappa shape index (κ1) is 14.6. The molecule has 2 aromatic heterocycles. The summed E-state index contributed by atoms with van der Waals surface area (Å²) in [6.45, 7) is 0. The number of benzene rings is 1. The molecule has 1 aromatic carbocycles. The van der Waals surface area contributed by atoms with E-state index < -0.39 is 0 Å². The van der Waals surface area contributed by atoms with Gasteiger partial charge in [-0.25, -0.2) is 0 Å². The van der Waals surface area contributed by atoms with Crippen molar-refractivity contribution in [2.75, 3.05) is 5.32 Å². The Balaban J connectivity index is 1.67. The zero-order chi connectivity index (χ0) is 15.2. The number of hydrogen-bond donors (Lipinski definition) is 1. The molecule has 2 nitrogen and oxygen atoms in total. The second-order valence-corrected chi connectivity index (χ2v) is 6.59. The van der Waals surface area contributed by atoms with Crippen molar-refractivity contribution in [3.63, 3.8) is 0 Å². The average molecular weight is 323 g/mol. The molecule has 3 aromatic rings. The molecule has 0 radical (unpaired) electrons. The van der Waals surface area contributed by atoms with Gasteiger partial charge in [0.25, 0.3) is 0 Å². The van der Waals surface area contributed by atoms with Crippen molar-refractivity contribution in [2.45, 2.75) is 6.42 Å². The van der Waals surface area contributed by atoms with Gasteiger partial charge in [0, 0.05) is 16.1 Å². The van der Waals surface area contributed by atoms with E-state index in [-0.39, 0.29) is 5.91 Å². The molecule has 2 heterocycles. The Morgan fingerprint density at radius 3 is 2.64 bits per heavy atom. The molecule has 0 bridgehead atoms. The van der Waals surface area contributed by atoms with E-state index in [0.717, 1.165) is 21.0 Å². The van der Waals surface area contributed by atoms with Crippen molar-refractivity contribution in [1.82, 2.24) is 0 Å². The highest BCUT2D eigenvalue weighted by Crippen LogP contribution is 2.13. The average Bonchev–Trinajstić information content (AvgIpc) is 3.18. The highest BCUT2D eigenvalue weighted by molar-refractivity contribution is 7.10. The minimum absolute atomic E-state index is 0.00850. The van der Waals surface area contributed by atoms with Crippen LogP contribution in [0.2, 0.25) is 0 Å². The van der Waals surface area contributed by atoms with E-state index in [9.17, 15) is 4.79 Å². The number of nitrogens with one attached hydrogen (secondary N) is 1. The lowest BCUT2D eigenvalue weighted by Crippen LogP contribution is -2.13. The number of hydrogen-bond acceptors (Lipinski definition) is 3. The largest absolute Gasteiger partial charge is 0.326 e. The minimum Gasteiger partial charge on any atom is -0.326 e. The van der Waals surface area contributed by atoms with Crippen LogP contribution in [0.3, 0.4) is 0 Å². The molecule has 22 heavy (non-hydrogen) atoms. The summed E-state index contributed by atoms with van der Waals surface area (Å²) < 4.78 is 0. The van der Waals surface area contributed by atoms with Gasteiger partial charge in [-0.3, -0.25) is 4.79 Å². The van der Waals surface area contributed by atoms with Crippen LogP contribution in [-0.2, 0) is 11.2 Å². The van der Waals surface area contributed by atoms with E-state index in [1.165, 1.54) is 0 Å². The summed E-state index contributed by atoms with van der Waals surface area (Å²) >= 11 is 3.21. The Bertz CT molecular complexity index is 808. The van der Waals surface area contributed by atoms with Gasteiger partial charge in [0.2, 0.25) is 5.91 Å². The lowest BCUT2D eigenvalue weighted by Gasteiger charge is -2.04. The van der Waals surface area contributed by atoms with E-state index in [0.29, 0.717) is 6.42 Å². The van der Waals surface area contributed by atoms with E-state index >= 15 is 0 Å². The Hall–Kier alpha value is -2.35. The van der Waals surface area contributed by atoms with Gasteiger partial charge in [0.1, 0.15) is 0 Å². The zero-order valence-electron chi connectivity index (χ0n) is 11.7. The Kier molecular flexibility index (Phi) is 4.69. The van der Waals surface area contributed by atoms with Gasteiger partial charge in [0.05, 0.1) is 11.3 Å². The quantitative estimate of drug-likeness (QED) is 0.712.